The summed E-state index contributed by atoms with van der Waals surface area (Å²) >= 11 is 6.40. The molecule has 3 rings (SSSR count). The third kappa shape index (κ3) is 5.13. The summed E-state index contributed by atoms with van der Waals surface area (Å²) in [5.74, 6) is -0.354. The highest BCUT2D eigenvalue weighted by atomic mass is 35.5. The van der Waals surface area contributed by atoms with E-state index < -0.39 is 5.60 Å². The van der Waals surface area contributed by atoms with E-state index in [0.717, 1.165) is 26.7 Å². The van der Waals surface area contributed by atoms with Gasteiger partial charge in [0.15, 0.2) is 5.60 Å². The van der Waals surface area contributed by atoms with Gasteiger partial charge in [0.1, 0.15) is 5.84 Å². The molecule has 3 aromatic carbocycles. The molecule has 0 radical (unpaired) electrons. The van der Waals surface area contributed by atoms with E-state index in [0.29, 0.717) is 12.2 Å². The lowest BCUT2D eigenvalue weighted by Crippen LogP contribution is -2.43. The van der Waals surface area contributed by atoms with Crippen molar-refractivity contribution < 1.29 is 9.53 Å². The predicted molar refractivity (Wildman–Crippen MR) is 125 cm³/mol. The summed E-state index contributed by atoms with van der Waals surface area (Å²) in [6, 6.07) is 24.9. The Labute approximate surface area is 188 Å². The molecule has 0 aliphatic carbocycles. The Morgan fingerprint density at radius 2 is 1.58 bits per heavy atom. The maximum atomic E-state index is 13.3. The second-order valence-electron chi connectivity index (χ2n) is 7.35. The highest BCUT2D eigenvalue weighted by Gasteiger charge is 2.39. The van der Waals surface area contributed by atoms with E-state index in [4.69, 9.17) is 27.7 Å². The highest BCUT2D eigenvalue weighted by Crippen LogP contribution is 2.31. The average Bonchev–Trinajstić information content (AvgIpc) is 2.79. The minimum Gasteiger partial charge on any atom is -0.384 e. The van der Waals surface area contributed by atoms with Crippen LogP contribution < -0.4 is 5.73 Å². The number of amidine groups is 1. The summed E-state index contributed by atoms with van der Waals surface area (Å²) in [5.41, 5.74) is 8.62. The number of nitrogens with zero attached hydrogens (tertiary/aromatic N) is 1. The van der Waals surface area contributed by atoms with Crippen LogP contribution in [-0.2, 0) is 21.7 Å². The zero-order valence-electron chi connectivity index (χ0n) is 17.6. The standard InChI is InChI=1S/C25H26ClN3O2/c1-3-31-25(2,22-15-13-20(14-16-22)19-7-5-4-6-8-19)24(30)29(26)17-18-9-11-21(12-10-18)23(27)28/h4-16H,3,17H2,1-2H3,(H3,27,28). The lowest BCUT2D eigenvalue weighted by atomic mass is 9.92. The first kappa shape index (κ1) is 22.5. The van der Waals surface area contributed by atoms with Crippen LogP contribution in [0.15, 0.2) is 78.9 Å². The second-order valence-corrected chi connectivity index (χ2v) is 7.75. The molecule has 6 heteroatoms. The van der Waals surface area contributed by atoms with Crippen LogP contribution in [0, 0.1) is 5.41 Å². The molecule has 0 fully saturated rings. The van der Waals surface area contributed by atoms with Crippen molar-refractivity contribution in [2.45, 2.75) is 26.0 Å². The molecule has 0 aliphatic heterocycles. The number of carbonyl (C=O) groups is 1. The lowest BCUT2D eigenvalue weighted by molar-refractivity contribution is -0.152. The summed E-state index contributed by atoms with van der Waals surface area (Å²) in [6.45, 7) is 4.15. The van der Waals surface area contributed by atoms with Gasteiger partial charge >= 0.3 is 0 Å². The molecule has 3 N–H and O–H groups in total. The Morgan fingerprint density at radius 1 is 1.00 bits per heavy atom. The van der Waals surface area contributed by atoms with Gasteiger partial charge in [0.25, 0.3) is 5.91 Å². The van der Waals surface area contributed by atoms with Crippen LogP contribution in [0.1, 0.15) is 30.5 Å². The van der Waals surface area contributed by atoms with Crippen molar-refractivity contribution in [3.63, 3.8) is 0 Å². The van der Waals surface area contributed by atoms with Crippen molar-refractivity contribution in [3.8, 4) is 11.1 Å². The molecule has 0 spiro atoms. The third-order valence-corrected chi connectivity index (χ3v) is 5.46. The normalized spacial score (nSPS) is 12.7. The van der Waals surface area contributed by atoms with E-state index in [2.05, 4.69) is 0 Å². The van der Waals surface area contributed by atoms with Crippen molar-refractivity contribution in [1.82, 2.24) is 4.42 Å². The maximum absolute atomic E-state index is 13.3. The Bertz CT molecular complexity index is 1040. The molecule has 31 heavy (non-hydrogen) atoms. The summed E-state index contributed by atoms with van der Waals surface area (Å²) < 4.78 is 7.05. The molecule has 0 bridgehead atoms. The van der Waals surface area contributed by atoms with Crippen molar-refractivity contribution in [2.75, 3.05) is 6.61 Å². The summed E-state index contributed by atoms with van der Waals surface area (Å²) in [5, 5.41) is 7.48. The number of nitrogens with two attached hydrogens (primary N) is 1. The minimum atomic E-state index is -1.22. The Morgan fingerprint density at radius 3 is 2.13 bits per heavy atom. The van der Waals surface area contributed by atoms with Crippen LogP contribution in [-0.4, -0.2) is 22.8 Å². The number of nitrogens with one attached hydrogen (secondary N) is 1. The van der Waals surface area contributed by atoms with E-state index >= 15 is 0 Å². The van der Waals surface area contributed by atoms with E-state index in [1.54, 1.807) is 31.2 Å². The molecule has 160 valence electrons. The minimum absolute atomic E-state index is 0.00627. The first-order chi connectivity index (χ1) is 14.8. The Kier molecular flexibility index (Phi) is 7.10. The van der Waals surface area contributed by atoms with E-state index in [1.165, 1.54) is 0 Å². The SMILES string of the molecule is CCOC(C)(C(=O)N(Cl)Cc1ccc(C(=N)N)cc1)c1ccc(-c2ccccc2)cc1. The first-order valence-corrected chi connectivity index (χ1v) is 10.4. The number of benzene rings is 3. The fourth-order valence-corrected chi connectivity index (χ4v) is 3.72. The van der Waals surface area contributed by atoms with Gasteiger partial charge < -0.3 is 10.5 Å². The Hall–Kier alpha value is -3.15. The zero-order chi connectivity index (χ0) is 22.4. The van der Waals surface area contributed by atoms with Crippen molar-refractivity contribution in [3.05, 3.63) is 95.6 Å². The van der Waals surface area contributed by atoms with Gasteiger partial charge in [0.05, 0.1) is 6.54 Å². The van der Waals surface area contributed by atoms with Crippen molar-refractivity contribution >= 4 is 23.5 Å². The van der Waals surface area contributed by atoms with Crippen LogP contribution in [0.2, 0.25) is 0 Å². The van der Waals surface area contributed by atoms with E-state index in [1.807, 2.05) is 61.5 Å². The van der Waals surface area contributed by atoms with Crippen LogP contribution in [0.4, 0.5) is 0 Å². The van der Waals surface area contributed by atoms with Crippen LogP contribution in [0.3, 0.4) is 0 Å². The number of hydrogen-bond donors (Lipinski definition) is 2. The first-order valence-electron chi connectivity index (χ1n) is 10.1. The fourth-order valence-electron chi connectivity index (χ4n) is 3.42. The molecule has 0 aromatic heterocycles. The largest absolute Gasteiger partial charge is 0.384 e. The van der Waals surface area contributed by atoms with Gasteiger partial charge in [-0.05, 0) is 36.1 Å². The van der Waals surface area contributed by atoms with Gasteiger partial charge in [0.2, 0.25) is 0 Å². The number of carbonyl (C=O) groups excluding carboxylic acids is 1. The molecule has 0 aliphatic rings. The van der Waals surface area contributed by atoms with Crippen LogP contribution >= 0.6 is 11.8 Å². The molecule has 0 heterocycles. The number of nitrogen functional groups attached to an aromatic ring is 1. The molecule has 1 atom stereocenters. The van der Waals surface area contributed by atoms with Gasteiger partial charge in [-0.2, -0.15) is 0 Å². The molecule has 3 aromatic rings. The van der Waals surface area contributed by atoms with Crippen LogP contribution in [0.5, 0.6) is 0 Å². The number of halogens is 1. The number of hydrogen-bond acceptors (Lipinski definition) is 3. The van der Waals surface area contributed by atoms with Crippen molar-refractivity contribution in [2.24, 2.45) is 5.73 Å². The molecular formula is C25H26ClN3O2. The maximum Gasteiger partial charge on any atom is 0.273 e. The molecule has 1 unspecified atom stereocenters. The number of rotatable bonds is 8. The van der Waals surface area contributed by atoms with Gasteiger partial charge in [-0.15, -0.1) is 0 Å². The smallest absolute Gasteiger partial charge is 0.273 e. The summed E-state index contributed by atoms with van der Waals surface area (Å²) in [7, 11) is 0. The molecular weight excluding hydrogens is 410 g/mol. The quantitative estimate of drug-likeness (QED) is 0.294. The molecule has 0 saturated carbocycles. The third-order valence-electron chi connectivity index (χ3n) is 5.19. The lowest BCUT2D eigenvalue weighted by Gasteiger charge is -2.31. The van der Waals surface area contributed by atoms with Gasteiger partial charge in [-0.25, -0.2) is 4.42 Å². The van der Waals surface area contributed by atoms with Crippen LogP contribution in [0.25, 0.3) is 11.1 Å². The van der Waals surface area contributed by atoms with Gasteiger partial charge in [-0.3, -0.25) is 10.2 Å². The van der Waals surface area contributed by atoms with E-state index in [-0.39, 0.29) is 18.3 Å². The highest BCUT2D eigenvalue weighted by molar-refractivity contribution is 6.22. The van der Waals surface area contributed by atoms with Crippen molar-refractivity contribution in [1.29, 1.82) is 5.41 Å². The van der Waals surface area contributed by atoms with Gasteiger partial charge in [0, 0.05) is 23.9 Å². The van der Waals surface area contributed by atoms with E-state index in [9.17, 15) is 4.79 Å². The molecule has 1 amide bonds. The molecule has 0 saturated heterocycles. The predicted octanol–water partition coefficient (Wildman–Crippen LogP) is 5.07. The fraction of sp³-hybridized carbons (Fsp3) is 0.200. The average molecular weight is 436 g/mol. The summed E-state index contributed by atoms with van der Waals surface area (Å²) in [4.78, 5) is 13.3. The van der Waals surface area contributed by atoms with Gasteiger partial charge in [-0.1, -0.05) is 78.9 Å². The topological polar surface area (TPSA) is 79.4 Å². The second kappa shape index (κ2) is 9.77. The molecule has 5 nitrogen and oxygen atoms in total. The summed E-state index contributed by atoms with van der Waals surface area (Å²) in [6.07, 6.45) is 0. The Balaban J connectivity index is 1.81. The zero-order valence-corrected chi connectivity index (χ0v) is 18.4. The number of amides is 1. The monoisotopic (exact) mass is 435 g/mol. The number of ether oxygens (including phenoxy) is 1.